The fourth-order valence-corrected chi connectivity index (χ4v) is 6.18. The molecule has 2 aromatic carbocycles. The Morgan fingerprint density at radius 1 is 1.22 bits per heavy atom. The summed E-state index contributed by atoms with van der Waals surface area (Å²) in [5.74, 6) is 0.946. The predicted octanol–water partition coefficient (Wildman–Crippen LogP) is 2.54. The van der Waals surface area contributed by atoms with Gasteiger partial charge in [-0.2, -0.15) is 0 Å². The van der Waals surface area contributed by atoms with Gasteiger partial charge in [0, 0.05) is 35.6 Å². The van der Waals surface area contributed by atoms with E-state index >= 15 is 0 Å². The molecular formula is C24H29N3O4S. The number of benzene rings is 2. The van der Waals surface area contributed by atoms with Gasteiger partial charge in [0.2, 0.25) is 5.91 Å². The zero-order valence-electron chi connectivity index (χ0n) is 18.4. The smallest absolute Gasteiger partial charge is 0.234 e. The number of para-hydroxylation sites is 1. The first-order chi connectivity index (χ1) is 15.4. The van der Waals surface area contributed by atoms with Gasteiger partial charge in [0.05, 0.1) is 25.2 Å². The molecule has 1 aliphatic rings. The SMILES string of the molecule is COc1ccc(C(CNC(=O)CN(C)C2CCS(=O)(=O)C2)c2c[nH]c3ccccc23)cc1. The Morgan fingerprint density at radius 2 is 1.97 bits per heavy atom. The number of aromatic amines is 1. The molecule has 170 valence electrons. The number of amides is 1. The fraction of sp³-hybridized carbons (Fsp3) is 0.375. The Kier molecular flexibility index (Phi) is 6.53. The molecule has 7 nitrogen and oxygen atoms in total. The van der Waals surface area contributed by atoms with Gasteiger partial charge < -0.3 is 15.0 Å². The van der Waals surface area contributed by atoms with Crippen LogP contribution in [0.25, 0.3) is 10.9 Å². The van der Waals surface area contributed by atoms with E-state index in [4.69, 9.17) is 4.74 Å². The summed E-state index contributed by atoms with van der Waals surface area (Å²) in [4.78, 5) is 17.9. The molecular weight excluding hydrogens is 426 g/mol. The molecule has 8 heteroatoms. The van der Waals surface area contributed by atoms with Crippen molar-refractivity contribution in [3.63, 3.8) is 0 Å². The van der Waals surface area contributed by atoms with Crippen molar-refractivity contribution in [1.29, 1.82) is 0 Å². The van der Waals surface area contributed by atoms with Gasteiger partial charge in [-0.25, -0.2) is 8.42 Å². The number of carbonyl (C=O) groups excluding carboxylic acids is 1. The van der Waals surface area contributed by atoms with E-state index in [1.54, 1.807) is 7.11 Å². The molecule has 0 radical (unpaired) electrons. The Balaban J connectivity index is 1.50. The van der Waals surface area contributed by atoms with Crippen LogP contribution in [0.5, 0.6) is 5.75 Å². The highest BCUT2D eigenvalue weighted by Crippen LogP contribution is 2.31. The first kappa shape index (κ1) is 22.4. The van der Waals surface area contributed by atoms with Crippen molar-refractivity contribution in [3.8, 4) is 5.75 Å². The van der Waals surface area contributed by atoms with Crippen LogP contribution in [-0.2, 0) is 14.6 Å². The molecule has 32 heavy (non-hydrogen) atoms. The van der Waals surface area contributed by atoms with Crippen LogP contribution in [0, 0.1) is 0 Å². The van der Waals surface area contributed by atoms with Crippen LogP contribution in [0.2, 0.25) is 0 Å². The largest absolute Gasteiger partial charge is 0.497 e. The first-order valence-corrected chi connectivity index (χ1v) is 12.6. The topological polar surface area (TPSA) is 91.5 Å². The Morgan fingerprint density at radius 3 is 2.66 bits per heavy atom. The predicted molar refractivity (Wildman–Crippen MR) is 126 cm³/mol. The van der Waals surface area contributed by atoms with Gasteiger partial charge in [-0.15, -0.1) is 0 Å². The normalized spacial score (nSPS) is 18.7. The second-order valence-electron chi connectivity index (χ2n) is 8.39. The van der Waals surface area contributed by atoms with Gasteiger partial charge in [-0.3, -0.25) is 9.69 Å². The van der Waals surface area contributed by atoms with E-state index in [2.05, 4.69) is 16.4 Å². The van der Waals surface area contributed by atoms with E-state index in [0.29, 0.717) is 13.0 Å². The molecule has 0 saturated carbocycles. The van der Waals surface area contributed by atoms with Gasteiger partial charge in [0.1, 0.15) is 5.75 Å². The van der Waals surface area contributed by atoms with Crippen molar-refractivity contribution < 1.29 is 17.9 Å². The van der Waals surface area contributed by atoms with E-state index in [1.165, 1.54) is 0 Å². The summed E-state index contributed by atoms with van der Waals surface area (Å²) < 4.78 is 28.8. The molecule has 1 saturated heterocycles. The number of likely N-dealkylation sites (N-methyl/N-ethyl adjacent to an activating group) is 1. The highest BCUT2D eigenvalue weighted by molar-refractivity contribution is 7.91. The lowest BCUT2D eigenvalue weighted by atomic mass is 9.90. The number of ether oxygens (including phenoxy) is 1. The average molecular weight is 456 g/mol. The monoisotopic (exact) mass is 455 g/mol. The molecule has 2 N–H and O–H groups in total. The van der Waals surface area contributed by atoms with Crippen LogP contribution in [-0.4, -0.2) is 69.0 Å². The summed E-state index contributed by atoms with van der Waals surface area (Å²) in [6.07, 6.45) is 2.58. The summed E-state index contributed by atoms with van der Waals surface area (Å²) in [7, 11) is 0.467. The van der Waals surface area contributed by atoms with E-state index < -0.39 is 9.84 Å². The second-order valence-corrected chi connectivity index (χ2v) is 10.6. The molecule has 0 aliphatic carbocycles. The van der Waals surface area contributed by atoms with Gasteiger partial charge >= 0.3 is 0 Å². The van der Waals surface area contributed by atoms with E-state index in [9.17, 15) is 13.2 Å². The van der Waals surface area contributed by atoms with Crippen LogP contribution in [0.1, 0.15) is 23.5 Å². The van der Waals surface area contributed by atoms with Crippen molar-refractivity contribution in [1.82, 2.24) is 15.2 Å². The summed E-state index contributed by atoms with van der Waals surface area (Å²) in [6.45, 7) is 0.604. The lowest BCUT2D eigenvalue weighted by Crippen LogP contribution is -2.42. The first-order valence-electron chi connectivity index (χ1n) is 10.7. The van der Waals surface area contributed by atoms with Crippen molar-refractivity contribution >= 4 is 26.6 Å². The number of aromatic nitrogens is 1. The van der Waals surface area contributed by atoms with Crippen LogP contribution in [0.3, 0.4) is 0 Å². The third-order valence-corrected chi connectivity index (χ3v) is 7.99. The molecule has 1 aromatic heterocycles. The zero-order valence-corrected chi connectivity index (χ0v) is 19.2. The maximum atomic E-state index is 12.7. The fourth-order valence-electron chi connectivity index (χ4n) is 4.38. The molecule has 1 fully saturated rings. The van der Waals surface area contributed by atoms with E-state index in [0.717, 1.165) is 27.8 Å². The minimum absolute atomic E-state index is 0.0434. The van der Waals surface area contributed by atoms with Gasteiger partial charge in [-0.05, 0) is 42.8 Å². The maximum absolute atomic E-state index is 12.7. The van der Waals surface area contributed by atoms with Crippen LogP contribution < -0.4 is 10.1 Å². The minimum atomic E-state index is -2.98. The Labute approximate surface area is 188 Å². The van der Waals surface area contributed by atoms with Crippen molar-refractivity contribution in [2.75, 3.05) is 38.8 Å². The molecule has 1 aliphatic heterocycles. The number of H-pyrrole nitrogens is 1. The summed E-state index contributed by atoms with van der Waals surface area (Å²) >= 11 is 0. The standard InChI is InChI=1S/C24H29N3O4S/c1-27(18-11-12-32(29,30)16-18)15-24(28)26-13-21(17-7-9-19(31-2)10-8-17)22-14-25-23-6-4-3-5-20(22)23/h3-10,14,18,21,25H,11-13,15-16H2,1-2H3,(H,26,28). The molecule has 0 spiro atoms. The number of hydrogen-bond acceptors (Lipinski definition) is 5. The lowest BCUT2D eigenvalue weighted by molar-refractivity contribution is -0.122. The average Bonchev–Trinajstić information content (AvgIpc) is 3.37. The second kappa shape index (κ2) is 9.34. The molecule has 2 atom stereocenters. The molecule has 2 unspecified atom stereocenters. The highest BCUT2D eigenvalue weighted by atomic mass is 32.2. The van der Waals surface area contributed by atoms with Crippen LogP contribution >= 0.6 is 0 Å². The maximum Gasteiger partial charge on any atom is 0.234 e. The van der Waals surface area contributed by atoms with Crippen LogP contribution in [0.4, 0.5) is 0 Å². The number of rotatable bonds is 8. The minimum Gasteiger partial charge on any atom is -0.497 e. The summed E-state index contributed by atoms with van der Waals surface area (Å²) in [5.41, 5.74) is 3.24. The van der Waals surface area contributed by atoms with Gasteiger partial charge in [0.25, 0.3) is 0 Å². The zero-order chi connectivity index (χ0) is 22.7. The Bertz CT molecular complexity index is 1190. The summed E-state index contributed by atoms with van der Waals surface area (Å²) in [6, 6.07) is 15.9. The van der Waals surface area contributed by atoms with Gasteiger partial charge in [-0.1, -0.05) is 30.3 Å². The third-order valence-electron chi connectivity index (χ3n) is 6.24. The number of nitrogens with zero attached hydrogens (tertiary/aromatic N) is 1. The Hall–Kier alpha value is -2.84. The van der Waals surface area contributed by atoms with Gasteiger partial charge in [0.15, 0.2) is 9.84 Å². The van der Waals surface area contributed by atoms with Crippen molar-refractivity contribution in [2.24, 2.45) is 0 Å². The number of sulfone groups is 1. The number of nitrogens with one attached hydrogen (secondary N) is 2. The number of hydrogen-bond donors (Lipinski definition) is 2. The summed E-state index contributed by atoms with van der Waals surface area (Å²) in [5, 5.41) is 4.18. The number of carbonyl (C=O) groups is 1. The van der Waals surface area contributed by atoms with Crippen LogP contribution in [0.15, 0.2) is 54.7 Å². The van der Waals surface area contributed by atoms with Crippen molar-refractivity contribution in [3.05, 3.63) is 65.9 Å². The molecule has 1 amide bonds. The van der Waals surface area contributed by atoms with Crippen molar-refractivity contribution in [2.45, 2.75) is 18.4 Å². The molecule has 4 rings (SSSR count). The lowest BCUT2D eigenvalue weighted by Gasteiger charge is -2.23. The molecule has 0 bridgehead atoms. The quantitative estimate of drug-likeness (QED) is 0.545. The van der Waals surface area contributed by atoms with E-state index in [1.807, 2.05) is 60.6 Å². The molecule has 3 aromatic rings. The molecule has 2 heterocycles. The number of methoxy groups -OCH3 is 1. The third kappa shape index (κ3) is 4.97. The van der Waals surface area contributed by atoms with E-state index in [-0.39, 0.29) is 35.9 Å². The number of fused-ring (bicyclic) bond motifs is 1. The highest BCUT2D eigenvalue weighted by Gasteiger charge is 2.31.